The number of benzene rings is 1. The van der Waals surface area contributed by atoms with Crippen molar-refractivity contribution in [1.29, 1.82) is 0 Å². The highest BCUT2D eigenvalue weighted by atomic mass is 16.3. The van der Waals surface area contributed by atoms with E-state index in [-0.39, 0.29) is 30.8 Å². The Morgan fingerprint density at radius 1 is 1.33 bits per heavy atom. The van der Waals surface area contributed by atoms with Crippen LogP contribution in [0.1, 0.15) is 31.4 Å². The van der Waals surface area contributed by atoms with Gasteiger partial charge < -0.3 is 25.3 Å². The van der Waals surface area contributed by atoms with E-state index in [9.17, 15) is 19.8 Å². The summed E-state index contributed by atoms with van der Waals surface area (Å²) in [4.78, 5) is 27.4. The SMILES string of the molecule is CCN(C[C@@H](O)c1cccc(O)c1)C(=O)NCC(=O)N1CCCC1. The molecule has 7 heteroatoms. The molecule has 1 aromatic rings. The number of aliphatic hydroxyl groups excluding tert-OH is 1. The zero-order valence-corrected chi connectivity index (χ0v) is 13.9. The molecule has 3 amide bonds. The minimum Gasteiger partial charge on any atom is -0.508 e. The van der Waals surface area contributed by atoms with Gasteiger partial charge in [-0.2, -0.15) is 0 Å². The summed E-state index contributed by atoms with van der Waals surface area (Å²) in [7, 11) is 0. The third kappa shape index (κ3) is 4.86. The minimum absolute atomic E-state index is 0.0302. The van der Waals surface area contributed by atoms with Crippen LogP contribution >= 0.6 is 0 Å². The van der Waals surface area contributed by atoms with Crippen LogP contribution in [-0.2, 0) is 4.79 Å². The maximum Gasteiger partial charge on any atom is 0.317 e. The van der Waals surface area contributed by atoms with Crippen LogP contribution in [0.25, 0.3) is 0 Å². The Morgan fingerprint density at radius 3 is 2.67 bits per heavy atom. The van der Waals surface area contributed by atoms with Crippen molar-refractivity contribution in [3.8, 4) is 5.75 Å². The second kappa shape index (κ2) is 8.54. The van der Waals surface area contributed by atoms with Crippen LogP contribution in [0.5, 0.6) is 5.75 Å². The topological polar surface area (TPSA) is 93.1 Å². The Balaban J connectivity index is 1.85. The van der Waals surface area contributed by atoms with Gasteiger partial charge in [0, 0.05) is 19.6 Å². The molecular formula is C17H25N3O4. The number of aromatic hydroxyl groups is 1. The maximum absolute atomic E-state index is 12.2. The molecule has 0 aliphatic carbocycles. The fourth-order valence-corrected chi connectivity index (χ4v) is 2.74. The molecule has 0 unspecified atom stereocenters. The molecule has 2 rings (SSSR count). The van der Waals surface area contributed by atoms with E-state index in [1.54, 1.807) is 24.0 Å². The normalized spacial score (nSPS) is 15.2. The van der Waals surface area contributed by atoms with Crippen LogP contribution in [0.2, 0.25) is 0 Å². The van der Waals surface area contributed by atoms with E-state index in [0.29, 0.717) is 12.1 Å². The number of phenols is 1. The number of amides is 3. The zero-order chi connectivity index (χ0) is 17.5. The Kier molecular flexibility index (Phi) is 6.43. The second-order valence-corrected chi connectivity index (χ2v) is 5.90. The van der Waals surface area contributed by atoms with Crippen LogP contribution in [0.15, 0.2) is 24.3 Å². The van der Waals surface area contributed by atoms with Crippen LogP contribution in [-0.4, -0.2) is 64.7 Å². The summed E-state index contributed by atoms with van der Waals surface area (Å²) in [5.74, 6) is -0.0132. The van der Waals surface area contributed by atoms with Crippen molar-refractivity contribution in [2.24, 2.45) is 0 Å². The number of phenolic OH excluding ortho intramolecular Hbond substituents is 1. The molecule has 1 fully saturated rings. The number of rotatable bonds is 6. The Morgan fingerprint density at radius 2 is 2.04 bits per heavy atom. The average Bonchev–Trinajstić information content (AvgIpc) is 3.11. The molecule has 24 heavy (non-hydrogen) atoms. The molecule has 0 spiro atoms. The third-order valence-corrected chi connectivity index (χ3v) is 4.17. The standard InChI is InChI=1S/C17H25N3O4/c1-2-19(12-15(22)13-6-5-7-14(21)10-13)17(24)18-11-16(23)20-8-3-4-9-20/h5-7,10,15,21-22H,2-4,8-9,11-12H2,1H3,(H,18,24)/t15-/m1/s1. The molecule has 1 aromatic carbocycles. The van der Waals surface area contributed by atoms with Gasteiger partial charge in [-0.3, -0.25) is 4.79 Å². The van der Waals surface area contributed by atoms with Gasteiger partial charge in [-0.25, -0.2) is 4.79 Å². The lowest BCUT2D eigenvalue weighted by Gasteiger charge is -2.25. The molecule has 1 saturated heterocycles. The predicted octanol–water partition coefficient (Wildman–Crippen LogP) is 1.08. The van der Waals surface area contributed by atoms with E-state index in [4.69, 9.17) is 0 Å². The van der Waals surface area contributed by atoms with Crippen molar-refractivity contribution in [3.63, 3.8) is 0 Å². The minimum atomic E-state index is -0.905. The van der Waals surface area contributed by atoms with Crippen molar-refractivity contribution in [2.45, 2.75) is 25.9 Å². The Labute approximate surface area is 141 Å². The molecule has 1 heterocycles. The number of carbonyl (C=O) groups is 2. The van der Waals surface area contributed by atoms with E-state index in [1.165, 1.54) is 17.0 Å². The Hall–Kier alpha value is -2.28. The number of nitrogens with zero attached hydrogens (tertiary/aromatic N) is 2. The number of urea groups is 1. The smallest absolute Gasteiger partial charge is 0.317 e. The summed E-state index contributed by atoms with van der Waals surface area (Å²) in [6.45, 7) is 3.77. The van der Waals surface area contributed by atoms with E-state index in [0.717, 1.165) is 25.9 Å². The number of nitrogens with one attached hydrogen (secondary N) is 1. The first kappa shape index (κ1) is 18.1. The summed E-state index contributed by atoms with van der Waals surface area (Å²) in [6.07, 6.45) is 1.12. The molecule has 0 radical (unpaired) electrons. The van der Waals surface area contributed by atoms with Gasteiger partial charge in [0.1, 0.15) is 5.75 Å². The summed E-state index contributed by atoms with van der Waals surface area (Å²) < 4.78 is 0. The summed E-state index contributed by atoms with van der Waals surface area (Å²) in [5, 5.41) is 22.3. The van der Waals surface area contributed by atoms with Gasteiger partial charge in [-0.1, -0.05) is 12.1 Å². The van der Waals surface area contributed by atoms with E-state index >= 15 is 0 Å². The molecule has 1 aliphatic rings. The van der Waals surface area contributed by atoms with Crippen LogP contribution in [0, 0.1) is 0 Å². The highest BCUT2D eigenvalue weighted by Gasteiger charge is 2.21. The Bertz CT molecular complexity index is 573. The fraction of sp³-hybridized carbons (Fsp3) is 0.529. The van der Waals surface area contributed by atoms with Crippen LogP contribution in [0.3, 0.4) is 0 Å². The van der Waals surface area contributed by atoms with E-state index in [2.05, 4.69) is 5.32 Å². The highest BCUT2D eigenvalue weighted by molar-refractivity contribution is 5.84. The lowest BCUT2D eigenvalue weighted by Crippen LogP contribution is -2.46. The van der Waals surface area contributed by atoms with E-state index in [1.807, 2.05) is 0 Å². The average molecular weight is 335 g/mol. The largest absolute Gasteiger partial charge is 0.508 e. The van der Waals surface area contributed by atoms with Crippen LogP contribution in [0.4, 0.5) is 4.79 Å². The fourth-order valence-electron chi connectivity index (χ4n) is 2.74. The van der Waals surface area contributed by atoms with Crippen LogP contribution < -0.4 is 5.32 Å². The predicted molar refractivity (Wildman–Crippen MR) is 89.5 cm³/mol. The molecule has 3 N–H and O–H groups in total. The lowest BCUT2D eigenvalue weighted by molar-refractivity contribution is -0.129. The molecule has 1 atom stereocenters. The van der Waals surface area contributed by atoms with Gasteiger partial charge in [-0.05, 0) is 37.5 Å². The highest BCUT2D eigenvalue weighted by Crippen LogP contribution is 2.19. The quantitative estimate of drug-likeness (QED) is 0.725. The molecule has 132 valence electrons. The summed E-state index contributed by atoms with van der Waals surface area (Å²) >= 11 is 0. The lowest BCUT2D eigenvalue weighted by atomic mass is 10.1. The van der Waals surface area contributed by atoms with Gasteiger partial charge >= 0.3 is 6.03 Å². The molecule has 0 aromatic heterocycles. The summed E-state index contributed by atoms with van der Waals surface area (Å²) in [6, 6.07) is 5.92. The van der Waals surface area contributed by atoms with Crippen molar-refractivity contribution < 1.29 is 19.8 Å². The van der Waals surface area contributed by atoms with E-state index < -0.39 is 6.10 Å². The third-order valence-electron chi connectivity index (χ3n) is 4.17. The first-order valence-corrected chi connectivity index (χ1v) is 8.28. The van der Waals surface area contributed by atoms with Gasteiger partial charge in [0.25, 0.3) is 0 Å². The number of likely N-dealkylation sites (N-methyl/N-ethyl adjacent to an activating group) is 1. The molecular weight excluding hydrogens is 310 g/mol. The summed E-state index contributed by atoms with van der Waals surface area (Å²) in [5.41, 5.74) is 0.536. The number of aliphatic hydroxyl groups is 1. The first-order valence-electron chi connectivity index (χ1n) is 8.28. The molecule has 7 nitrogen and oxygen atoms in total. The maximum atomic E-state index is 12.2. The van der Waals surface area contributed by atoms with Gasteiger partial charge in [0.2, 0.25) is 5.91 Å². The molecule has 0 bridgehead atoms. The van der Waals surface area contributed by atoms with Crippen molar-refractivity contribution in [3.05, 3.63) is 29.8 Å². The number of carbonyl (C=O) groups excluding carboxylic acids is 2. The van der Waals surface area contributed by atoms with Crippen molar-refractivity contribution in [1.82, 2.24) is 15.1 Å². The molecule has 1 aliphatic heterocycles. The van der Waals surface area contributed by atoms with Gasteiger partial charge in [0.05, 0.1) is 19.2 Å². The number of hydrogen-bond acceptors (Lipinski definition) is 4. The zero-order valence-electron chi connectivity index (χ0n) is 13.9. The second-order valence-electron chi connectivity index (χ2n) is 5.90. The number of likely N-dealkylation sites (tertiary alicyclic amines) is 1. The van der Waals surface area contributed by atoms with Crippen molar-refractivity contribution in [2.75, 3.05) is 32.7 Å². The number of hydrogen-bond donors (Lipinski definition) is 3. The van der Waals surface area contributed by atoms with Gasteiger partial charge in [0.15, 0.2) is 0 Å². The van der Waals surface area contributed by atoms with Gasteiger partial charge in [-0.15, -0.1) is 0 Å². The first-order chi connectivity index (χ1) is 11.5. The molecule has 0 saturated carbocycles. The monoisotopic (exact) mass is 335 g/mol. The van der Waals surface area contributed by atoms with Crippen molar-refractivity contribution >= 4 is 11.9 Å².